The molecule has 2 aromatic carbocycles. The molecule has 0 amide bonds. The van der Waals surface area contributed by atoms with Crippen molar-refractivity contribution in [3.63, 3.8) is 0 Å². The average molecular weight is 448 g/mol. The third kappa shape index (κ3) is 5.01. The Morgan fingerprint density at radius 2 is 1.79 bits per heavy atom. The van der Waals surface area contributed by atoms with E-state index in [0.717, 1.165) is 17.0 Å². The monoisotopic (exact) mass is 448 g/mol. The number of benzene rings is 2. The van der Waals surface area contributed by atoms with Crippen LogP contribution in [0.1, 0.15) is 44.6 Å². The van der Waals surface area contributed by atoms with Gasteiger partial charge in [-0.1, -0.05) is 0 Å². The molecular formula is C25H24N2O6. The summed E-state index contributed by atoms with van der Waals surface area (Å²) in [5, 5.41) is 11.6. The zero-order valence-corrected chi connectivity index (χ0v) is 18.8. The van der Waals surface area contributed by atoms with Gasteiger partial charge in [-0.25, -0.2) is 4.79 Å². The summed E-state index contributed by atoms with van der Waals surface area (Å²) in [4.78, 5) is 35.6. The predicted molar refractivity (Wildman–Crippen MR) is 124 cm³/mol. The van der Waals surface area contributed by atoms with E-state index in [1.807, 2.05) is 24.5 Å². The quantitative estimate of drug-likeness (QED) is 0.157. The van der Waals surface area contributed by atoms with Crippen molar-refractivity contribution in [3.05, 3.63) is 92.8 Å². The first kappa shape index (κ1) is 23.5. The van der Waals surface area contributed by atoms with Crippen LogP contribution in [0.5, 0.6) is 5.75 Å². The zero-order valence-electron chi connectivity index (χ0n) is 18.8. The predicted octanol–water partition coefficient (Wildman–Crippen LogP) is 5.08. The Morgan fingerprint density at radius 1 is 1.09 bits per heavy atom. The van der Waals surface area contributed by atoms with Gasteiger partial charge in [-0.15, -0.1) is 0 Å². The topological polar surface area (TPSA) is 101 Å². The molecule has 0 fully saturated rings. The van der Waals surface area contributed by atoms with Crippen molar-refractivity contribution in [1.29, 1.82) is 0 Å². The number of nitrogens with zero attached hydrogens (tertiary/aromatic N) is 2. The molecule has 0 aliphatic heterocycles. The van der Waals surface area contributed by atoms with Crippen LogP contribution in [0, 0.1) is 24.0 Å². The molecule has 3 rings (SSSR count). The van der Waals surface area contributed by atoms with Crippen LogP contribution in [-0.4, -0.2) is 35.0 Å². The van der Waals surface area contributed by atoms with Crippen molar-refractivity contribution < 1.29 is 24.0 Å². The average Bonchev–Trinajstić information content (AvgIpc) is 3.10. The van der Waals surface area contributed by atoms with Crippen LogP contribution in [0.15, 0.2) is 54.6 Å². The number of carbonyl (C=O) groups is 2. The number of ketones is 1. The Hall–Kier alpha value is -4.20. The summed E-state index contributed by atoms with van der Waals surface area (Å²) in [5.41, 5.74) is 3.05. The van der Waals surface area contributed by atoms with Crippen LogP contribution in [0.25, 0.3) is 11.8 Å². The first-order valence-electron chi connectivity index (χ1n) is 10.3. The van der Waals surface area contributed by atoms with Gasteiger partial charge in [0.1, 0.15) is 11.3 Å². The van der Waals surface area contributed by atoms with Gasteiger partial charge in [0.2, 0.25) is 0 Å². The number of aromatic nitrogens is 1. The fourth-order valence-corrected chi connectivity index (χ4v) is 3.56. The third-order valence-electron chi connectivity index (χ3n) is 5.19. The molecule has 0 unspecified atom stereocenters. The molecule has 0 spiro atoms. The lowest BCUT2D eigenvalue weighted by Crippen LogP contribution is -2.09. The normalized spacial score (nSPS) is 10.9. The zero-order chi connectivity index (χ0) is 24.1. The van der Waals surface area contributed by atoms with E-state index >= 15 is 0 Å². The molecular weight excluding hydrogens is 424 g/mol. The Kier molecular flexibility index (Phi) is 7.07. The number of ether oxygens (including phenoxy) is 2. The highest BCUT2D eigenvalue weighted by molar-refractivity contribution is 6.07. The minimum Gasteiger partial charge on any atom is -0.497 e. The number of carbonyl (C=O) groups excluding carboxylic acids is 2. The SMILES string of the molecule is CCOC(=O)c1ccc(-n2c(C)cc(/C=C/C(=O)c3ccc(OC)cc3)c2C)cc1[N+](=O)[O-]. The molecule has 0 bridgehead atoms. The van der Waals surface area contributed by atoms with Gasteiger partial charge in [-0.2, -0.15) is 0 Å². The Balaban J connectivity index is 1.93. The lowest BCUT2D eigenvalue weighted by molar-refractivity contribution is -0.385. The Bertz CT molecular complexity index is 1240. The summed E-state index contributed by atoms with van der Waals surface area (Å²) >= 11 is 0. The number of hydrogen-bond donors (Lipinski definition) is 0. The second-order valence-corrected chi connectivity index (χ2v) is 7.27. The fourth-order valence-electron chi connectivity index (χ4n) is 3.56. The van der Waals surface area contributed by atoms with Gasteiger partial charge in [0.05, 0.1) is 24.3 Å². The van der Waals surface area contributed by atoms with Crippen molar-refractivity contribution in [2.75, 3.05) is 13.7 Å². The van der Waals surface area contributed by atoms with Crippen LogP contribution >= 0.6 is 0 Å². The Labute approximate surface area is 191 Å². The van der Waals surface area contributed by atoms with Gasteiger partial charge in [-0.05, 0) is 81.0 Å². The smallest absolute Gasteiger partial charge is 0.345 e. The van der Waals surface area contributed by atoms with Crippen LogP contribution < -0.4 is 4.74 Å². The van der Waals surface area contributed by atoms with Crippen molar-refractivity contribution >= 4 is 23.5 Å². The molecule has 1 aromatic heterocycles. The number of allylic oxidation sites excluding steroid dienone is 1. The minimum atomic E-state index is -0.739. The molecule has 0 saturated heterocycles. The molecule has 8 heteroatoms. The second-order valence-electron chi connectivity index (χ2n) is 7.27. The van der Waals surface area contributed by atoms with E-state index in [1.54, 1.807) is 50.4 Å². The van der Waals surface area contributed by atoms with Crippen molar-refractivity contribution in [3.8, 4) is 11.4 Å². The molecule has 0 saturated carbocycles. The number of esters is 1. The van der Waals surface area contributed by atoms with E-state index in [2.05, 4.69) is 0 Å². The number of aryl methyl sites for hydroxylation is 1. The van der Waals surface area contributed by atoms with E-state index in [0.29, 0.717) is 17.0 Å². The summed E-state index contributed by atoms with van der Waals surface area (Å²) in [7, 11) is 1.56. The molecule has 1 heterocycles. The van der Waals surface area contributed by atoms with Gasteiger partial charge < -0.3 is 14.0 Å². The van der Waals surface area contributed by atoms with Gasteiger partial charge in [0, 0.05) is 23.0 Å². The third-order valence-corrected chi connectivity index (χ3v) is 5.19. The van der Waals surface area contributed by atoms with Crippen LogP contribution in [0.2, 0.25) is 0 Å². The first-order chi connectivity index (χ1) is 15.8. The molecule has 8 nitrogen and oxygen atoms in total. The largest absolute Gasteiger partial charge is 0.497 e. The molecule has 3 aromatic rings. The molecule has 0 aliphatic rings. The van der Waals surface area contributed by atoms with Crippen molar-refractivity contribution in [2.45, 2.75) is 20.8 Å². The minimum absolute atomic E-state index is 0.0988. The van der Waals surface area contributed by atoms with Gasteiger partial charge in [0.25, 0.3) is 5.69 Å². The summed E-state index contributed by atoms with van der Waals surface area (Å²) in [5.74, 6) is -0.226. The maximum Gasteiger partial charge on any atom is 0.345 e. The highest BCUT2D eigenvalue weighted by Crippen LogP contribution is 2.28. The van der Waals surface area contributed by atoms with Crippen LogP contribution in [0.4, 0.5) is 5.69 Å². The fraction of sp³-hybridized carbons (Fsp3) is 0.200. The number of nitro groups is 1. The molecule has 0 radical (unpaired) electrons. The van der Waals surface area contributed by atoms with Gasteiger partial charge in [-0.3, -0.25) is 14.9 Å². The highest BCUT2D eigenvalue weighted by atomic mass is 16.6. The van der Waals surface area contributed by atoms with Crippen LogP contribution in [-0.2, 0) is 4.74 Å². The maximum absolute atomic E-state index is 12.5. The molecule has 170 valence electrons. The van der Waals surface area contributed by atoms with Gasteiger partial charge in [0.15, 0.2) is 5.78 Å². The van der Waals surface area contributed by atoms with E-state index < -0.39 is 10.9 Å². The number of nitro benzene ring substituents is 1. The first-order valence-corrected chi connectivity index (χ1v) is 10.3. The number of hydrogen-bond acceptors (Lipinski definition) is 6. The summed E-state index contributed by atoms with van der Waals surface area (Å²) < 4.78 is 11.9. The molecule has 33 heavy (non-hydrogen) atoms. The standard InChI is InChI=1S/C25H24N2O6/c1-5-33-25(29)22-12-9-20(15-23(22)27(30)31)26-16(2)14-19(17(26)3)8-13-24(28)18-6-10-21(32-4)11-7-18/h6-15H,5H2,1-4H3/b13-8+. The number of methoxy groups -OCH3 is 1. The van der Waals surface area contributed by atoms with Crippen LogP contribution in [0.3, 0.4) is 0 Å². The van der Waals surface area contributed by atoms with E-state index in [9.17, 15) is 19.7 Å². The van der Waals surface area contributed by atoms with Crippen molar-refractivity contribution in [1.82, 2.24) is 4.57 Å². The summed E-state index contributed by atoms with van der Waals surface area (Å²) in [6.07, 6.45) is 3.20. The molecule has 0 atom stereocenters. The second kappa shape index (κ2) is 9.95. The summed E-state index contributed by atoms with van der Waals surface area (Å²) in [6.45, 7) is 5.48. The maximum atomic E-state index is 12.5. The number of rotatable bonds is 8. The van der Waals surface area contributed by atoms with E-state index in [1.165, 1.54) is 18.2 Å². The summed E-state index contributed by atoms with van der Waals surface area (Å²) in [6, 6.07) is 13.1. The van der Waals surface area contributed by atoms with Gasteiger partial charge >= 0.3 is 5.97 Å². The highest BCUT2D eigenvalue weighted by Gasteiger charge is 2.23. The lowest BCUT2D eigenvalue weighted by Gasteiger charge is -2.11. The molecule has 0 aliphatic carbocycles. The van der Waals surface area contributed by atoms with Crippen molar-refractivity contribution in [2.24, 2.45) is 0 Å². The molecule has 0 N–H and O–H groups in total. The van der Waals surface area contributed by atoms with E-state index in [-0.39, 0.29) is 23.6 Å². The Morgan fingerprint density at radius 3 is 2.39 bits per heavy atom. The lowest BCUT2D eigenvalue weighted by atomic mass is 10.1. The van der Waals surface area contributed by atoms with E-state index in [4.69, 9.17) is 9.47 Å².